The molecule has 0 aromatic carbocycles. The van der Waals surface area contributed by atoms with Crippen LogP contribution in [0.2, 0.25) is 0 Å². The van der Waals surface area contributed by atoms with Gasteiger partial charge in [-0.2, -0.15) is 0 Å². The number of oxazole rings is 1. The summed E-state index contributed by atoms with van der Waals surface area (Å²) < 4.78 is 21.5. The highest BCUT2D eigenvalue weighted by Crippen LogP contribution is 2.25. The van der Waals surface area contributed by atoms with Crippen molar-refractivity contribution in [2.45, 2.75) is 18.5 Å². The van der Waals surface area contributed by atoms with E-state index in [0.29, 0.717) is 25.7 Å². The first-order valence-corrected chi connectivity index (χ1v) is 7.82. The highest BCUT2D eigenvalue weighted by molar-refractivity contribution is 5.86. The van der Waals surface area contributed by atoms with Crippen LogP contribution in [0.1, 0.15) is 29.3 Å². The molecule has 1 N–H and O–H groups in total. The maximum absolute atomic E-state index is 11.5. The van der Waals surface area contributed by atoms with Crippen molar-refractivity contribution in [3.8, 4) is 0 Å². The Morgan fingerprint density at radius 3 is 2.76 bits per heavy atom. The number of carbonyl (C=O) groups is 1. The van der Waals surface area contributed by atoms with Gasteiger partial charge in [-0.3, -0.25) is 4.90 Å². The summed E-state index contributed by atoms with van der Waals surface area (Å²) in [5.74, 6) is 0.00407. The molecule has 0 bridgehead atoms. The van der Waals surface area contributed by atoms with E-state index in [2.05, 4.69) is 19.9 Å². The molecule has 0 aliphatic carbocycles. The molecule has 2 saturated heterocycles. The molecule has 2 aliphatic heterocycles. The van der Waals surface area contributed by atoms with Gasteiger partial charge >= 0.3 is 5.97 Å². The van der Waals surface area contributed by atoms with Crippen LogP contribution in [0, 0.1) is 0 Å². The molecule has 144 valence electrons. The van der Waals surface area contributed by atoms with Gasteiger partial charge in [0.05, 0.1) is 45.1 Å². The van der Waals surface area contributed by atoms with Gasteiger partial charge in [-0.15, -0.1) is 24.8 Å². The number of hydrogen-bond donors (Lipinski definition) is 1. The van der Waals surface area contributed by atoms with Gasteiger partial charge in [0.25, 0.3) is 0 Å². The molecule has 10 heteroatoms. The Labute approximate surface area is 159 Å². The Morgan fingerprint density at radius 2 is 2.08 bits per heavy atom. The zero-order valence-corrected chi connectivity index (χ0v) is 16.0. The van der Waals surface area contributed by atoms with Crippen molar-refractivity contribution < 1.29 is 23.4 Å². The SMILES string of the molecule is COC(=O)c1coc(C(C)N2CCOCC3(COCCN3)C2)n1.Cl.Cl. The van der Waals surface area contributed by atoms with E-state index in [4.69, 9.17) is 13.9 Å². The Balaban J connectivity index is 0.00000156. The van der Waals surface area contributed by atoms with Crippen LogP contribution >= 0.6 is 24.8 Å². The smallest absolute Gasteiger partial charge is 0.360 e. The lowest BCUT2D eigenvalue weighted by molar-refractivity contribution is -0.0182. The Hall–Kier alpha value is -0.900. The van der Waals surface area contributed by atoms with Crippen molar-refractivity contribution in [3.05, 3.63) is 17.8 Å². The minimum absolute atomic E-state index is 0. The van der Waals surface area contributed by atoms with Crippen molar-refractivity contribution in [1.29, 1.82) is 0 Å². The second kappa shape index (κ2) is 9.70. The van der Waals surface area contributed by atoms with Crippen molar-refractivity contribution in [1.82, 2.24) is 15.2 Å². The van der Waals surface area contributed by atoms with Gasteiger partial charge in [0.2, 0.25) is 5.89 Å². The summed E-state index contributed by atoms with van der Waals surface area (Å²) in [4.78, 5) is 18.0. The van der Waals surface area contributed by atoms with Crippen molar-refractivity contribution in [2.24, 2.45) is 0 Å². The molecule has 2 atom stereocenters. The van der Waals surface area contributed by atoms with Crippen LogP contribution < -0.4 is 5.32 Å². The quantitative estimate of drug-likeness (QED) is 0.757. The molecule has 0 saturated carbocycles. The molecule has 3 heterocycles. The van der Waals surface area contributed by atoms with Crippen molar-refractivity contribution >= 4 is 30.8 Å². The molecule has 1 spiro atoms. The number of ether oxygens (including phenoxy) is 3. The van der Waals surface area contributed by atoms with Crippen molar-refractivity contribution in [3.63, 3.8) is 0 Å². The lowest BCUT2D eigenvalue weighted by Crippen LogP contribution is -2.62. The topological polar surface area (TPSA) is 86.1 Å². The molecule has 0 radical (unpaired) electrons. The van der Waals surface area contributed by atoms with Crippen LogP contribution in [0.3, 0.4) is 0 Å². The second-order valence-electron chi connectivity index (χ2n) is 6.02. The van der Waals surface area contributed by atoms with Crippen molar-refractivity contribution in [2.75, 3.05) is 53.2 Å². The number of aromatic nitrogens is 1. The molecule has 2 aliphatic rings. The number of morpholine rings is 1. The number of halogens is 2. The zero-order chi connectivity index (χ0) is 16.3. The highest BCUT2D eigenvalue weighted by Gasteiger charge is 2.38. The fraction of sp³-hybridized carbons (Fsp3) is 0.733. The van der Waals surface area contributed by atoms with Gasteiger partial charge in [0.1, 0.15) is 6.26 Å². The standard InChI is InChI=1S/C15H23N3O5.2ClH/c1-11(13-17-12(7-23-13)14(19)20-2)18-4-6-22-10-15(8-18)9-21-5-3-16-15;;/h7,11,16H,3-6,8-10H2,1-2H3;2*1H. The summed E-state index contributed by atoms with van der Waals surface area (Å²) in [5, 5.41) is 3.53. The maximum Gasteiger partial charge on any atom is 0.360 e. The number of rotatable bonds is 3. The monoisotopic (exact) mass is 397 g/mol. The van der Waals surface area contributed by atoms with E-state index in [0.717, 1.165) is 26.2 Å². The number of esters is 1. The number of nitrogens with zero attached hydrogens (tertiary/aromatic N) is 2. The highest BCUT2D eigenvalue weighted by atomic mass is 35.5. The average Bonchev–Trinajstić information content (AvgIpc) is 2.99. The lowest BCUT2D eigenvalue weighted by Gasteiger charge is -2.40. The van der Waals surface area contributed by atoms with E-state index in [1.807, 2.05) is 6.92 Å². The van der Waals surface area contributed by atoms with Crippen LogP contribution in [0.5, 0.6) is 0 Å². The van der Waals surface area contributed by atoms with Gasteiger partial charge in [-0.1, -0.05) is 0 Å². The van der Waals surface area contributed by atoms with E-state index >= 15 is 0 Å². The molecule has 8 nitrogen and oxygen atoms in total. The molecule has 3 rings (SSSR count). The molecule has 1 aromatic heterocycles. The van der Waals surface area contributed by atoms with Gasteiger partial charge in [-0.25, -0.2) is 9.78 Å². The molecular weight excluding hydrogens is 373 g/mol. The fourth-order valence-electron chi connectivity index (χ4n) is 3.03. The Bertz CT molecular complexity index is 551. The van der Waals surface area contributed by atoms with E-state index in [1.54, 1.807) is 0 Å². The first kappa shape index (κ1) is 22.1. The predicted octanol–water partition coefficient (Wildman–Crippen LogP) is 1.06. The summed E-state index contributed by atoms with van der Waals surface area (Å²) in [6.07, 6.45) is 1.34. The number of carbonyl (C=O) groups excluding carboxylic acids is 1. The molecule has 2 fully saturated rings. The molecular formula is C15H25Cl2N3O5. The fourth-order valence-corrected chi connectivity index (χ4v) is 3.03. The second-order valence-corrected chi connectivity index (χ2v) is 6.02. The van der Waals surface area contributed by atoms with E-state index in [1.165, 1.54) is 13.4 Å². The summed E-state index contributed by atoms with van der Waals surface area (Å²) in [6, 6.07) is -0.0734. The van der Waals surface area contributed by atoms with Gasteiger partial charge in [-0.05, 0) is 6.92 Å². The summed E-state index contributed by atoms with van der Waals surface area (Å²) in [5.41, 5.74) is -0.0184. The summed E-state index contributed by atoms with van der Waals surface area (Å²) >= 11 is 0. The molecule has 1 aromatic rings. The summed E-state index contributed by atoms with van der Waals surface area (Å²) in [7, 11) is 1.32. The predicted molar refractivity (Wildman–Crippen MR) is 94.7 cm³/mol. The zero-order valence-electron chi connectivity index (χ0n) is 14.4. The Morgan fingerprint density at radius 1 is 1.36 bits per heavy atom. The first-order chi connectivity index (χ1) is 11.1. The third-order valence-electron chi connectivity index (χ3n) is 4.35. The van der Waals surface area contributed by atoms with Gasteiger partial charge in [0, 0.05) is 19.6 Å². The Kier molecular flexibility index (Phi) is 8.59. The third-order valence-corrected chi connectivity index (χ3v) is 4.35. The first-order valence-electron chi connectivity index (χ1n) is 7.82. The maximum atomic E-state index is 11.5. The minimum Gasteiger partial charge on any atom is -0.464 e. The summed E-state index contributed by atoms with van der Waals surface area (Å²) in [6.45, 7) is 6.96. The normalized spacial score (nSPS) is 25.4. The van der Waals surface area contributed by atoms with Crippen LogP contribution in [0.15, 0.2) is 10.7 Å². The molecule has 25 heavy (non-hydrogen) atoms. The van der Waals surface area contributed by atoms with E-state index in [-0.39, 0.29) is 42.1 Å². The molecule has 0 amide bonds. The average molecular weight is 398 g/mol. The number of methoxy groups -OCH3 is 1. The minimum atomic E-state index is -0.495. The van der Waals surface area contributed by atoms with Crippen LogP contribution in [0.25, 0.3) is 0 Å². The van der Waals surface area contributed by atoms with Crippen LogP contribution in [-0.2, 0) is 14.2 Å². The molecule has 2 unspecified atom stereocenters. The van der Waals surface area contributed by atoms with Crippen LogP contribution in [-0.4, -0.2) is 74.6 Å². The van der Waals surface area contributed by atoms with E-state index < -0.39 is 5.97 Å². The largest absolute Gasteiger partial charge is 0.464 e. The van der Waals surface area contributed by atoms with Gasteiger partial charge in [0.15, 0.2) is 5.69 Å². The van der Waals surface area contributed by atoms with E-state index in [9.17, 15) is 4.79 Å². The van der Waals surface area contributed by atoms with Gasteiger partial charge < -0.3 is 23.9 Å². The van der Waals surface area contributed by atoms with Crippen LogP contribution in [0.4, 0.5) is 0 Å². The number of hydrogen-bond acceptors (Lipinski definition) is 8. The third kappa shape index (κ3) is 5.06. The number of nitrogens with one attached hydrogen (secondary N) is 1. The lowest BCUT2D eigenvalue weighted by atomic mass is 9.99.